The van der Waals surface area contributed by atoms with Crippen LogP contribution in [0.5, 0.6) is 0 Å². The molecule has 1 aliphatic rings. The lowest BCUT2D eigenvalue weighted by Crippen LogP contribution is -2.39. The molecule has 0 spiro atoms. The van der Waals surface area contributed by atoms with Crippen molar-refractivity contribution in [2.24, 2.45) is 5.92 Å². The highest BCUT2D eigenvalue weighted by molar-refractivity contribution is 9.09. The van der Waals surface area contributed by atoms with Crippen molar-refractivity contribution >= 4 is 26.0 Å². The Bertz CT molecular complexity index is 301. The van der Waals surface area contributed by atoms with E-state index < -0.39 is 10.0 Å². The van der Waals surface area contributed by atoms with Crippen LogP contribution >= 0.6 is 15.9 Å². The Morgan fingerprint density at radius 1 is 1.44 bits per heavy atom. The topological polar surface area (TPSA) is 46.6 Å². The number of nitrogens with zero attached hydrogens (tertiary/aromatic N) is 1. The zero-order valence-electron chi connectivity index (χ0n) is 9.86. The lowest BCUT2D eigenvalue weighted by atomic mass is 9.85. The highest BCUT2D eigenvalue weighted by Crippen LogP contribution is 2.33. The van der Waals surface area contributed by atoms with E-state index in [4.69, 9.17) is 4.74 Å². The minimum absolute atomic E-state index is 0.0851. The lowest BCUT2D eigenvalue weighted by Gasteiger charge is -2.34. The third-order valence-electron chi connectivity index (χ3n) is 2.86. The Labute approximate surface area is 107 Å². The summed E-state index contributed by atoms with van der Waals surface area (Å²) in [6.07, 6.45) is 2.15. The molecule has 6 heteroatoms. The maximum absolute atomic E-state index is 11.8. The second-order valence-corrected chi connectivity index (χ2v) is 7.72. The molecule has 1 aliphatic carbocycles. The normalized spacial score (nSPS) is 25.8. The fourth-order valence-corrected chi connectivity index (χ4v) is 3.88. The number of ether oxygens (including phenoxy) is 1. The van der Waals surface area contributed by atoms with Crippen LogP contribution in [0.25, 0.3) is 0 Å². The van der Waals surface area contributed by atoms with Gasteiger partial charge in [-0.2, -0.15) is 0 Å². The van der Waals surface area contributed by atoms with Gasteiger partial charge in [0.15, 0.2) is 0 Å². The Kier molecular flexibility index (Phi) is 5.70. The van der Waals surface area contributed by atoms with Crippen LogP contribution in [0.2, 0.25) is 0 Å². The highest BCUT2D eigenvalue weighted by Gasteiger charge is 2.30. The van der Waals surface area contributed by atoms with Gasteiger partial charge in [0.2, 0.25) is 10.0 Å². The van der Waals surface area contributed by atoms with Crippen LogP contribution in [-0.4, -0.2) is 50.1 Å². The van der Waals surface area contributed by atoms with Crippen molar-refractivity contribution in [1.82, 2.24) is 4.31 Å². The SMILES string of the molecule is CCOCCS(=O)(=O)N(C)CC1CC(Br)C1. The van der Waals surface area contributed by atoms with Gasteiger partial charge in [-0.3, -0.25) is 0 Å². The van der Waals surface area contributed by atoms with Crippen molar-refractivity contribution < 1.29 is 13.2 Å². The first-order chi connectivity index (χ1) is 7.45. The minimum atomic E-state index is -3.13. The standard InChI is InChI=1S/C10H20BrNO3S/c1-3-15-4-5-16(13,14)12(2)8-9-6-10(11)7-9/h9-10H,3-8H2,1-2H3. The molecule has 0 heterocycles. The van der Waals surface area contributed by atoms with Crippen molar-refractivity contribution in [3.63, 3.8) is 0 Å². The van der Waals surface area contributed by atoms with Crippen LogP contribution in [0.4, 0.5) is 0 Å². The molecule has 0 aromatic rings. The molecule has 1 saturated carbocycles. The van der Waals surface area contributed by atoms with Crippen molar-refractivity contribution in [3.8, 4) is 0 Å². The van der Waals surface area contributed by atoms with E-state index in [2.05, 4.69) is 15.9 Å². The Morgan fingerprint density at radius 3 is 2.56 bits per heavy atom. The Morgan fingerprint density at radius 2 is 2.06 bits per heavy atom. The summed E-state index contributed by atoms with van der Waals surface area (Å²) < 4.78 is 30.1. The van der Waals surface area contributed by atoms with Gasteiger partial charge >= 0.3 is 0 Å². The number of alkyl halides is 1. The smallest absolute Gasteiger partial charge is 0.216 e. The molecule has 0 amide bonds. The van der Waals surface area contributed by atoms with Gasteiger partial charge in [0.05, 0.1) is 12.4 Å². The lowest BCUT2D eigenvalue weighted by molar-refractivity contribution is 0.162. The summed E-state index contributed by atoms with van der Waals surface area (Å²) in [6, 6.07) is 0. The average Bonchev–Trinajstić information content (AvgIpc) is 2.15. The van der Waals surface area contributed by atoms with Crippen molar-refractivity contribution in [3.05, 3.63) is 0 Å². The summed E-state index contributed by atoms with van der Waals surface area (Å²) in [5, 5.41) is 0. The Balaban J connectivity index is 2.30. The van der Waals surface area contributed by atoms with E-state index >= 15 is 0 Å². The van der Waals surface area contributed by atoms with E-state index in [1.54, 1.807) is 7.05 Å². The van der Waals surface area contributed by atoms with Gasteiger partial charge in [-0.25, -0.2) is 12.7 Å². The Hall–Kier alpha value is 0.350. The summed E-state index contributed by atoms with van der Waals surface area (Å²) in [6.45, 7) is 3.35. The van der Waals surface area contributed by atoms with Crippen LogP contribution in [-0.2, 0) is 14.8 Å². The molecule has 1 rings (SSSR count). The van der Waals surface area contributed by atoms with Gasteiger partial charge < -0.3 is 4.74 Å². The van der Waals surface area contributed by atoms with E-state index in [-0.39, 0.29) is 12.4 Å². The third-order valence-corrected chi connectivity index (χ3v) is 5.39. The summed E-state index contributed by atoms with van der Waals surface area (Å²) in [5.74, 6) is 0.596. The molecule has 0 atom stereocenters. The summed E-state index contributed by atoms with van der Waals surface area (Å²) in [5.41, 5.74) is 0. The first kappa shape index (κ1) is 14.4. The molecule has 0 bridgehead atoms. The first-order valence-electron chi connectivity index (χ1n) is 5.61. The van der Waals surface area contributed by atoms with Gasteiger partial charge in [0.1, 0.15) is 0 Å². The molecule has 1 fully saturated rings. The largest absolute Gasteiger partial charge is 0.381 e. The fraction of sp³-hybridized carbons (Fsp3) is 1.00. The van der Waals surface area contributed by atoms with Crippen LogP contribution in [0.1, 0.15) is 19.8 Å². The van der Waals surface area contributed by atoms with E-state index in [1.807, 2.05) is 6.92 Å². The molecule has 96 valence electrons. The molecule has 0 unspecified atom stereocenters. The van der Waals surface area contributed by atoms with Gasteiger partial charge in [-0.1, -0.05) is 15.9 Å². The van der Waals surface area contributed by atoms with E-state index in [0.29, 0.717) is 23.9 Å². The molecular weight excluding hydrogens is 294 g/mol. The third kappa shape index (κ3) is 4.31. The second-order valence-electron chi connectivity index (χ2n) is 4.23. The quantitative estimate of drug-likeness (QED) is 0.528. The maximum Gasteiger partial charge on any atom is 0.216 e. The minimum Gasteiger partial charge on any atom is -0.381 e. The molecule has 4 nitrogen and oxygen atoms in total. The van der Waals surface area contributed by atoms with Crippen molar-refractivity contribution in [1.29, 1.82) is 0 Å². The zero-order valence-corrected chi connectivity index (χ0v) is 12.3. The molecule has 0 aromatic carbocycles. The van der Waals surface area contributed by atoms with Crippen LogP contribution in [0.3, 0.4) is 0 Å². The number of halogens is 1. The summed E-state index contributed by atoms with van der Waals surface area (Å²) in [7, 11) is -1.47. The molecule has 0 aliphatic heterocycles. The van der Waals surface area contributed by atoms with Gasteiger partial charge in [0, 0.05) is 25.0 Å². The number of hydrogen-bond donors (Lipinski definition) is 0. The monoisotopic (exact) mass is 313 g/mol. The number of sulfonamides is 1. The first-order valence-corrected chi connectivity index (χ1v) is 8.14. The molecule has 16 heavy (non-hydrogen) atoms. The summed E-state index contributed by atoms with van der Waals surface area (Å²) in [4.78, 5) is 0.581. The maximum atomic E-state index is 11.8. The molecule has 0 radical (unpaired) electrons. The molecule has 0 aromatic heterocycles. The predicted octanol–water partition coefficient (Wildman–Crippen LogP) is 1.46. The fourth-order valence-electron chi connectivity index (χ4n) is 1.74. The van der Waals surface area contributed by atoms with E-state index in [9.17, 15) is 8.42 Å². The van der Waals surface area contributed by atoms with Crippen molar-refractivity contribution in [2.45, 2.75) is 24.6 Å². The number of rotatable bonds is 7. The van der Waals surface area contributed by atoms with Gasteiger partial charge in [-0.05, 0) is 25.7 Å². The molecule has 0 N–H and O–H groups in total. The van der Waals surface area contributed by atoms with E-state index in [1.165, 1.54) is 4.31 Å². The zero-order chi connectivity index (χ0) is 12.2. The highest BCUT2D eigenvalue weighted by atomic mass is 79.9. The van der Waals surface area contributed by atoms with Gasteiger partial charge in [0.25, 0.3) is 0 Å². The van der Waals surface area contributed by atoms with Crippen LogP contribution in [0.15, 0.2) is 0 Å². The molecular formula is C10H20BrNO3S. The van der Waals surface area contributed by atoms with Crippen LogP contribution < -0.4 is 0 Å². The average molecular weight is 314 g/mol. The predicted molar refractivity (Wildman–Crippen MR) is 68.3 cm³/mol. The van der Waals surface area contributed by atoms with Crippen molar-refractivity contribution in [2.75, 3.05) is 32.6 Å². The van der Waals surface area contributed by atoms with Gasteiger partial charge in [-0.15, -0.1) is 0 Å². The number of hydrogen-bond acceptors (Lipinski definition) is 3. The van der Waals surface area contributed by atoms with E-state index in [0.717, 1.165) is 12.8 Å². The summed E-state index contributed by atoms with van der Waals surface area (Å²) >= 11 is 3.50. The second kappa shape index (κ2) is 6.33. The molecule has 0 saturated heterocycles. The van der Waals surface area contributed by atoms with Crippen LogP contribution in [0, 0.1) is 5.92 Å².